The molecule has 2 aliphatic heterocycles. The molecular weight excluding hydrogens is 372 g/mol. The van der Waals surface area contributed by atoms with Crippen molar-refractivity contribution in [3.8, 4) is 11.5 Å². The number of methoxy groups -OCH3 is 1. The predicted octanol–water partition coefficient (Wildman–Crippen LogP) is 1.45. The van der Waals surface area contributed by atoms with Crippen molar-refractivity contribution in [3.63, 3.8) is 0 Å². The Labute approximate surface area is 159 Å². The zero-order valence-corrected chi connectivity index (χ0v) is 15.5. The fourth-order valence-electron chi connectivity index (χ4n) is 3.03. The van der Waals surface area contributed by atoms with Gasteiger partial charge >= 0.3 is 0 Å². The molecule has 1 atom stereocenters. The van der Waals surface area contributed by atoms with Gasteiger partial charge in [-0.15, -0.1) is 10.2 Å². The van der Waals surface area contributed by atoms with Gasteiger partial charge in [0.2, 0.25) is 16.9 Å². The van der Waals surface area contributed by atoms with Gasteiger partial charge in [-0.25, -0.2) is 0 Å². The normalized spacial score (nSPS) is 18.6. The van der Waals surface area contributed by atoms with E-state index in [2.05, 4.69) is 15.5 Å². The first-order valence-corrected chi connectivity index (χ1v) is 9.28. The Balaban J connectivity index is 1.43. The number of fused-ring (bicyclic) bond motifs is 1. The number of ether oxygens (including phenoxy) is 3. The third kappa shape index (κ3) is 3.71. The van der Waals surface area contributed by atoms with Crippen molar-refractivity contribution in [2.75, 3.05) is 37.1 Å². The van der Waals surface area contributed by atoms with E-state index in [4.69, 9.17) is 14.2 Å². The van der Waals surface area contributed by atoms with E-state index in [1.54, 1.807) is 30.2 Å². The Morgan fingerprint density at radius 2 is 2.15 bits per heavy atom. The van der Waals surface area contributed by atoms with Crippen molar-refractivity contribution in [3.05, 3.63) is 23.2 Å². The van der Waals surface area contributed by atoms with Crippen LogP contribution in [0.15, 0.2) is 18.2 Å². The molecule has 2 aliphatic rings. The lowest BCUT2D eigenvalue weighted by Gasteiger charge is -2.22. The monoisotopic (exact) mass is 390 g/mol. The molecule has 1 saturated heterocycles. The van der Waals surface area contributed by atoms with Crippen LogP contribution in [-0.2, 0) is 20.9 Å². The highest BCUT2D eigenvalue weighted by molar-refractivity contribution is 7.15. The molecule has 3 heterocycles. The highest BCUT2D eigenvalue weighted by atomic mass is 32.1. The summed E-state index contributed by atoms with van der Waals surface area (Å²) in [7, 11) is 1.57. The van der Waals surface area contributed by atoms with Crippen LogP contribution < -0.4 is 19.7 Å². The molecular formula is C17H18N4O5S. The number of aromatic nitrogens is 2. The van der Waals surface area contributed by atoms with E-state index in [1.165, 1.54) is 11.3 Å². The largest absolute Gasteiger partial charge is 0.486 e. The van der Waals surface area contributed by atoms with E-state index in [0.717, 1.165) is 0 Å². The van der Waals surface area contributed by atoms with Gasteiger partial charge in [-0.05, 0) is 12.1 Å². The molecule has 9 nitrogen and oxygen atoms in total. The van der Waals surface area contributed by atoms with Crippen LogP contribution in [0.3, 0.4) is 0 Å². The summed E-state index contributed by atoms with van der Waals surface area (Å²) >= 11 is 1.25. The minimum atomic E-state index is -0.458. The van der Waals surface area contributed by atoms with Gasteiger partial charge in [-0.2, -0.15) is 0 Å². The second-order valence-electron chi connectivity index (χ2n) is 6.16. The smallest absolute Gasteiger partial charge is 0.231 e. The number of nitrogens with one attached hydrogen (secondary N) is 1. The maximum absolute atomic E-state index is 12.5. The van der Waals surface area contributed by atoms with Gasteiger partial charge in [-0.1, -0.05) is 11.3 Å². The number of nitrogens with zero attached hydrogens (tertiary/aromatic N) is 3. The van der Waals surface area contributed by atoms with Gasteiger partial charge in [0.05, 0.1) is 5.92 Å². The molecule has 0 aliphatic carbocycles. The quantitative estimate of drug-likeness (QED) is 0.824. The minimum Gasteiger partial charge on any atom is -0.486 e. The molecule has 0 radical (unpaired) electrons. The number of anilines is 2. The highest BCUT2D eigenvalue weighted by Crippen LogP contribution is 2.36. The van der Waals surface area contributed by atoms with E-state index in [1.807, 2.05) is 0 Å². The zero-order chi connectivity index (χ0) is 18.8. The molecule has 2 amide bonds. The summed E-state index contributed by atoms with van der Waals surface area (Å²) in [6.45, 7) is 1.62. The van der Waals surface area contributed by atoms with E-state index in [0.29, 0.717) is 53.7 Å². The SMILES string of the molecule is COCc1nnc(NC(=O)[C@H]2CC(=O)N(c3ccc4c(c3)OCCO4)C2)s1. The fourth-order valence-corrected chi connectivity index (χ4v) is 3.74. The summed E-state index contributed by atoms with van der Waals surface area (Å²) in [5.74, 6) is 0.459. The van der Waals surface area contributed by atoms with Crippen LogP contribution in [-0.4, -0.2) is 48.9 Å². The number of carbonyl (C=O) groups is 2. The number of amides is 2. The lowest BCUT2D eigenvalue weighted by atomic mass is 10.1. The van der Waals surface area contributed by atoms with Crippen LogP contribution in [0.4, 0.5) is 10.8 Å². The van der Waals surface area contributed by atoms with E-state index >= 15 is 0 Å². The van der Waals surface area contributed by atoms with Crippen LogP contribution in [0.5, 0.6) is 11.5 Å². The Hall–Kier alpha value is -2.72. The number of rotatable bonds is 5. The van der Waals surface area contributed by atoms with Crippen LogP contribution in [0.2, 0.25) is 0 Å². The molecule has 2 aromatic rings. The average Bonchev–Trinajstić information content (AvgIpc) is 3.28. The van der Waals surface area contributed by atoms with Gasteiger partial charge in [0.1, 0.15) is 24.8 Å². The van der Waals surface area contributed by atoms with Crippen molar-refractivity contribution < 1.29 is 23.8 Å². The van der Waals surface area contributed by atoms with E-state index in [-0.39, 0.29) is 18.2 Å². The molecule has 142 valence electrons. The lowest BCUT2D eigenvalue weighted by molar-refractivity contribution is -0.122. The molecule has 1 N–H and O–H groups in total. The zero-order valence-electron chi connectivity index (χ0n) is 14.6. The predicted molar refractivity (Wildman–Crippen MR) is 97.1 cm³/mol. The fraction of sp³-hybridized carbons (Fsp3) is 0.412. The number of hydrogen-bond acceptors (Lipinski definition) is 8. The molecule has 1 fully saturated rings. The van der Waals surface area contributed by atoms with Crippen molar-refractivity contribution in [1.82, 2.24) is 10.2 Å². The standard InChI is InChI=1S/C17H18N4O5S/c1-24-9-14-19-20-17(27-14)18-16(23)10-6-15(22)21(8-10)11-2-3-12-13(7-11)26-5-4-25-12/h2-3,7,10H,4-6,8-9H2,1H3,(H,18,20,23)/t10-/m0/s1. The Kier molecular flexibility index (Phi) is 4.90. The van der Waals surface area contributed by atoms with Crippen LogP contribution in [0.1, 0.15) is 11.4 Å². The van der Waals surface area contributed by atoms with Gasteiger partial charge in [0.15, 0.2) is 11.5 Å². The second-order valence-corrected chi connectivity index (χ2v) is 7.22. The van der Waals surface area contributed by atoms with Crippen LogP contribution in [0.25, 0.3) is 0 Å². The molecule has 0 unspecified atom stereocenters. The van der Waals surface area contributed by atoms with Gasteiger partial charge in [0, 0.05) is 31.8 Å². The third-order valence-electron chi connectivity index (χ3n) is 4.30. The molecule has 1 aromatic heterocycles. The molecule has 0 bridgehead atoms. The molecule has 0 spiro atoms. The Morgan fingerprint density at radius 3 is 2.96 bits per heavy atom. The summed E-state index contributed by atoms with van der Waals surface area (Å²) in [4.78, 5) is 26.5. The lowest BCUT2D eigenvalue weighted by Crippen LogP contribution is -2.28. The Morgan fingerprint density at radius 1 is 1.33 bits per heavy atom. The van der Waals surface area contributed by atoms with Crippen molar-refractivity contribution in [2.45, 2.75) is 13.0 Å². The molecule has 0 saturated carbocycles. The van der Waals surface area contributed by atoms with Crippen molar-refractivity contribution >= 4 is 34.0 Å². The minimum absolute atomic E-state index is 0.107. The molecule has 10 heteroatoms. The Bertz CT molecular complexity index is 871. The van der Waals surface area contributed by atoms with Gasteiger partial charge in [-0.3, -0.25) is 9.59 Å². The molecule has 27 heavy (non-hydrogen) atoms. The number of hydrogen-bond donors (Lipinski definition) is 1. The van der Waals surface area contributed by atoms with Crippen LogP contribution in [0, 0.1) is 5.92 Å². The van der Waals surface area contributed by atoms with Crippen molar-refractivity contribution in [2.24, 2.45) is 5.92 Å². The van der Waals surface area contributed by atoms with Gasteiger partial charge < -0.3 is 24.4 Å². The topological polar surface area (TPSA) is 103 Å². The molecule has 4 rings (SSSR count). The van der Waals surface area contributed by atoms with Gasteiger partial charge in [0.25, 0.3) is 0 Å². The highest BCUT2D eigenvalue weighted by Gasteiger charge is 2.36. The van der Waals surface area contributed by atoms with Crippen LogP contribution >= 0.6 is 11.3 Å². The maximum atomic E-state index is 12.5. The summed E-state index contributed by atoms with van der Waals surface area (Å²) in [5, 5.41) is 11.7. The number of carbonyl (C=O) groups excluding carboxylic acids is 2. The third-order valence-corrected chi connectivity index (χ3v) is 5.11. The average molecular weight is 390 g/mol. The molecule has 1 aromatic carbocycles. The second kappa shape index (κ2) is 7.49. The first kappa shape index (κ1) is 17.7. The van der Waals surface area contributed by atoms with E-state index < -0.39 is 5.92 Å². The first-order valence-electron chi connectivity index (χ1n) is 8.46. The first-order chi connectivity index (χ1) is 13.1. The van der Waals surface area contributed by atoms with Crippen molar-refractivity contribution in [1.29, 1.82) is 0 Å². The number of benzene rings is 1. The maximum Gasteiger partial charge on any atom is 0.231 e. The summed E-state index contributed by atoms with van der Waals surface area (Å²) in [5.41, 5.74) is 0.692. The summed E-state index contributed by atoms with van der Waals surface area (Å²) in [6, 6.07) is 5.35. The summed E-state index contributed by atoms with van der Waals surface area (Å²) in [6.07, 6.45) is 0.143. The summed E-state index contributed by atoms with van der Waals surface area (Å²) < 4.78 is 16.1. The van der Waals surface area contributed by atoms with E-state index in [9.17, 15) is 9.59 Å².